The lowest BCUT2D eigenvalue weighted by molar-refractivity contribution is -0.0994. The van der Waals surface area contributed by atoms with Crippen LogP contribution >= 0.6 is 0 Å². The molecular weight excluding hydrogens is 147 g/mol. The Morgan fingerprint density at radius 3 is 2.64 bits per heavy atom. The van der Waals surface area contributed by atoms with Gasteiger partial charge in [0.25, 0.3) is 0 Å². The molecule has 0 aromatic rings. The van der Waals surface area contributed by atoms with Crippen molar-refractivity contribution in [2.24, 2.45) is 0 Å². The largest absolute Gasteiger partial charge is 0.368 e. The SMILES string of the molecule is CCOC(O)CCCCCF. The van der Waals surface area contributed by atoms with Crippen molar-refractivity contribution >= 4 is 0 Å². The van der Waals surface area contributed by atoms with E-state index in [1.54, 1.807) is 0 Å². The summed E-state index contributed by atoms with van der Waals surface area (Å²) in [6, 6.07) is 0. The molecule has 0 radical (unpaired) electrons. The monoisotopic (exact) mass is 164 g/mol. The van der Waals surface area contributed by atoms with Gasteiger partial charge in [0.1, 0.15) is 0 Å². The highest BCUT2D eigenvalue weighted by Crippen LogP contribution is 2.04. The zero-order valence-corrected chi connectivity index (χ0v) is 7.05. The molecule has 0 saturated heterocycles. The lowest BCUT2D eigenvalue weighted by Gasteiger charge is -2.08. The maximum atomic E-state index is 11.6. The first-order valence-electron chi connectivity index (χ1n) is 4.17. The summed E-state index contributed by atoms with van der Waals surface area (Å²) in [5.74, 6) is 0. The van der Waals surface area contributed by atoms with Gasteiger partial charge in [-0.05, 0) is 26.2 Å². The van der Waals surface area contributed by atoms with Gasteiger partial charge < -0.3 is 9.84 Å². The molecule has 1 N–H and O–H groups in total. The summed E-state index contributed by atoms with van der Waals surface area (Å²) in [6.07, 6.45) is 2.23. The van der Waals surface area contributed by atoms with Crippen LogP contribution in [-0.2, 0) is 4.74 Å². The van der Waals surface area contributed by atoms with Gasteiger partial charge >= 0.3 is 0 Å². The van der Waals surface area contributed by atoms with E-state index in [2.05, 4.69) is 0 Å². The number of rotatable bonds is 7. The predicted octanol–water partition coefficient (Wildman–Crippen LogP) is 1.87. The molecule has 0 aliphatic rings. The van der Waals surface area contributed by atoms with E-state index in [4.69, 9.17) is 9.84 Å². The molecular formula is C8H17FO2. The van der Waals surface area contributed by atoms with Crippen molar-refractivity contribution in [2.45, 2.75) is 38.9 Å². The minimum Gasteiger partial charge on any atom is -0.368 e. The molecule has 1 atom stereocenters. The Morgan fingerprint density at radius 2 is 2.09 bits per heavy atom. The molecule has 0 amide bonds. The van der Waals surface area contributed by atoms with Gasteiger partial charge in [0.15, 0.2) is 6.29 Å². The van der Waals surface area contributed by atoms with Crippen LogP contribution in [0.5, 0.6) is 0 Å². The Kier molecular flexibility index (Phi) is 7.84. The van der Waals surface area contributed by atoms with Crippen LogP contribution in [0.3, 0.4) is 0 Å². The molecule has 0 aromatic heterocycles. The molecule has 0 rings (SSSR count). The van der Waals surface area contributed by atoms with Crippen molar-refractivity contribution in [1.82, 2.24) is 0 Å². The molecule has 68 valence electrons. The maximum Gasteiger partial charge on any atom is 0.154 e. The summed E-state index contributed by atoms with van der Waals surface area (Å²) in [7, 11) is 0. The van der Waals surface area contributed by atoms with Crippen LogP contribution in [0.1, 0.15) is 32.6 Å². The van der Waals surface area contributed by atoms with E-state index in [0.717, 1.165) is 12.8 Å². The first-order valence-corrected chi connectivity index (χ1v) is 4.17. The van der Waals surface area contributed by atoms with Crippen LogP contribution in [0.25, 0.3) is 0 Å². The fourth-order valence-electron chi connectivity index (χ4n) is 0.866. The van der Waals surface area contributed by atoms with Crippen molar-refractivity contribution in [3.63, 3.8) is 0 Å². The van der Waals surface area contributed by atoms with Gasteiger partial charge in [0.2, 0.25) is 0 Å². The van der Waals surface area contributed by atoms with Crippen LogP contribution in [0.2, 0.25) is 0 Å². The van der Waals surface area contributed by atoms with E-state index in [0.29, 0.717) is 19.4 Å². The topological polar surface area (TPSA) is 29.5 Å². The quantitative estimate of drug-likeness (QED) is 0.460. The predicted molar refractivity (Wildman–Crippen MR) is 42.1 cm³/mol. The van der Waals surface area contributed by atoms with Crippen molar-refractivity contribution in [1.29, 1.82) is 0 Å². The Morgan fingerprint density at radius 1 is 1.36 bits per heavy atom. The zero-order chi connectivity index (χ0) is 8.53. The maximum absolute atomic E-state index is 11.6. The molecule has 0 aromatic carbocycles. The third kappa shape index (κ3) is 7.75. The van der Waals surface area contributed by atoms with Gasteiger partial charge in [-0.25, -0.2) is 0 Å². The van der Waals surface area contributed by atoms with E-state index >= 15 is 0 Å². The second-order valence-electron chi connectivity index (χ2n) is 2.45. The first-order chi connectivity index (χ1) is 5.31. The number of alkyl halides is 1. The van der Waals surface area contributed by atoms with Crippen LogP contribution in [0.4, 0.5) is 4.39 Å². The zero-order valence-electron chi connectivity index (χ0n) is 7.05. The normalized spacial score (nSPS) is 13.4. The standard InChI is InChI=1S/C8H17FO2/c1-2-11-8(10)6-4-3-5-7-9/h8,10H,2-7H2,1H3. The molecule has 0 spiro atoms. The summed E-state index contributed by atoms with van der Waals surface area (Å²) in [4.78, 5) is 0. The third-order valence-electron chi connectivity index (χ3n) is 1.44. The number of ether oxygens (including phenoxy) is 1. The van der Waals surface area contributed by atoms with Crippen molar-refractivity contribution in [3.8, 4) is 0 Å². The number of hydrogen-bond donors (Lipinski definition) is 1. The number of unbranched alkanes of at least 4 members (excludes halogenated alkanes) is 2. The molecule has 0 aliphatic heterocycles. The Labute approximate surface area is 67.4 Å². The van der Waals surface area contributed by atoms with Crippen LogP contribution < -0.4 is 0 Å². The fourth-order valence-corrected chi connectivity index (χ4v) is 0.866. The minimum atomic E-state index is -0.653. The van der Waals surface area contributed by atoms with Gasteiger partial charge in [-0.3, -0.25) is 4.39 Å². The first kappa shape index (κ1) is 10.8. The molecule has 11 heavy (non-hydrogen) atoms. The molecule has 0 aliphatic carbocycles. The van der Waals surface area contributed by atoms with Gasteiger partial charge in [0.05, 0.1) is 6.67 Å². The van der Waals surface area contributed by atoms with Crippen LogP contribution in [-0.4, -0.2) is 24.7 Å². The molecule has 0 bridgehead atoms. The highest BCUT2D eigenvalue weighted by molar-refractivity contribution is 4.44. The van der Waals surface area contributed by atoms with Gasteiger partial charge in [-0.2, -0.15) is 0 Å². The lowest BCUT2D eigenvalue weighted by Crippen LogP contribution is -2.10. The highest BCUT2D eigenvalue weighted by Gasteiger charge is 2.00. The van der Waals surface area contributed by atoms with Gasteiger partial charge in [0, 0.05) is 6.61 Å². The van der Waals surface area contributed by atoms with Gasteiger partial charge in [-0.1, -0.05) is 6.42 Å². The Balaban J connectivity index is 2.97. The van der Waals surface area contributed by atoms with Crippen LogP contribution in [0, 0.1) is 0 Å². The third-order valence-corrected chi connectivity index (χ3v) is 1.44. The van der Waals surface area contributed by atoms with Crippen molar-refractivity contribution in [3.05, 3.63) is 0 Å². The Hall–Kier alpha value is -0.150. The summed E-state index contributed by atoms with van der Waals surface area (Å²) < 4.78 is 16.5. The summed E-state index contributed by atoms with van der Waals surface area (Å²) in [6.45, 7) is 2.11. The van der Waals surface area contributed by atoms with Crippen LogP contribution in [0.15, 0.2) is 0 Å². The molecule has 2 nitrogen and oxygen atoms in total. The Bertz CT molecular complexity index is 78.5. The van der Waals surface area contributed by atoms with E-state index in [-0.39, 0.29) is 6.67 Å². The highest BCUT2D eigenvalue weighted by atomic mass is 19.1. The molecule has 0 fully saturated rings. The molecule has 0 heterocycles. The number of halogens is 1. The van der Waals surface area contributed by atoms with Crippen molar-refractivity contribution < 1.29 is 14.2 Å². The number of aliphatic hydroxyl groups is 1. The number of aliphatic hydroxyl groups excluding tert-OH is 1. The second-order valence-corrected chi connectivity index (χ2v) is 2.45. The van der Waals surface area contributed by atoms with Crippen molar-refractivity contribution in [2.75, 3.05) is 13.3 Å². The van der Waals surface area contributed by atoms with E-state index in [1.807, 2.05) is 6.92 Å². The smallest absolute Gasteiger partial charge is 0.154 e. The van der Waals surface area contributed by atoms with E-state index < -0.39 is 6.29 Å². The second kappa shape index (κ2) is 7.95. The summed E-state index contributed by atoms with van der Waals surface area (Å²) >= 11 is 0. The lowest BCUT2D eigenvalue weighted by atomic mass is 10.2. The molecule has 3 heteroatoms. The van der Waals surface area contributed by atoms with E-state index in [9.17, 15) is 4.39 Å². The molecule has 0 saturated carbocycles. The average Bonchev–Trinajstić information content (AvgIpc) is 1.99. The van der Waals surface area contributed by atoms with E-state index in [1.165, 1.54) is 0 Å². The summed E-state index contributed by atoms with van der Waals surface area (Å²) in [5, 5.41) is 9.03. The molecule has 1 unspecified atom stereocenters. The number of hydrogen-bond acceptors (Lipinski definition) is 2. The summed E-state index contributed by atoms with van der Waals surface area (Å²) in [5.41, 5.74) is 0. The minimum absolute atomic E-state index is 0.259. The average molecular weight is 164 g/mol. The van der Waals surface area contributed by atoms with Gasteiger partial charge in [-0.15, -0.1) is 0 Å². The fraction of sp³-hybridized carbons (Fsp3) is 1.00.